The first-order valence-corrected chi connectivity index (χ1v) is 10.0. The van der Waals surface area contributed by atoms with Crippen molar-refractivity contribution < 1.29 is 9.59 Å². The summed E-state index contributed by atoms with van der Waals surface area (Å²) in [5.74, 6) is 2.17. The third-order valence-corrected chi connectivity index (χ3v) is 8.20. The summed E-state index contributed by atoms with van der Waals surface area (Å²) in [6, 6.07) is 1.99. The van der Waals surface area contributed by atoms with Gasteiger partial charge in [-0.25, -0.2) is 0 Å². The molecular formula is C17H20O2S2. The standard InChI is InChI=1S/C17H20O2S2/c1-3-8-14(18)10-7-13-11(6-12(10)16(8)20-2)15(19)9-4-5-21-17(9)13/h4-5,8,10-13,16H,3,6-7H2,1-2H3. The van der Waals surface area contributed by atoms with Gasteiger partial charge < -0.3 is 0 Å². The minimum absolute atomic E-state index is 0.159. The number of thiophene rings is 1. The van der Waals surface area contributed by atoms with Crippen LogP contribution in [0.5, 0.6) is 0 Å². The third kappa shape index (κ3) is 1.78. The van der Waals surface area contributed by atoms with Gasteiger partial charge >= 0.3 is 0 Å². The van der Waals surface area contributed by atoms with Crippen LogP contribution in [0.25, 0.3) is 0 Å². The molecule has 1 aromatic rings. The lowest BCUT2D eigenvalue weighted by Crippen LogP contribution is -2.33. The maximum absolute atomic E-state index is 12.8. The molecule has 2 nitrogen and oxygen atoms in total. The lowest BCUT2D eigenvalue weighted by molar-refractivity contribution is -0.125. The zero-order chi connectivity index (χ0) is 14.7. The van der Waals surface area contributed by atoms with E-state index < -0.39 is 0 Å². The first-order valence-electron chi connectivity index (χ1n) is 7.85. The Balaban J connectivity index is 1.70. The van der Waals surface area contributed by atoms with Crippen molar-refractivity contribution in [1.29, 1.82) is 0 Å². The van der Waals surface area contributed by atoms with Gasteiger partial charge in [0.1, 0.15) is 5.78 Å². The summed E-state index contributed by atoms with van der Waals surface area (Å²) >= 11 is 3.56. The summed E-state index contributed by atoms with van der Waals surface area (Å²) in [4.78, 5) is 26.6. The van der Waals surface area contributed by atoms with E-state index in [1.165, 1.54) is 4.88 Å². The van der Waals surface area contributed by atoms with E-state index >= 15 is 0 Å². The molecule has 4 heteroatoms. The molecule has 6 unspecified atom stereocenters. The number of carbonyl (C=O) groups is 2. The molecule has 21 heavy (non-hydrogen) atoms. The Kier molecular flexibility index (Phi) is 3.30. The molecule has 0 bridgehead atoms. The smallest absolute Gasteiger partial charge is 0.167 e. The van der Waals surface area contributed by atoms with Gasteiger partial charge in [0.05, 0.1) is 0 Å². The Morgan fingerprint density at radius 3 is 2.76 bits per heavy atom. The fourth-order valence-corrected chi connectivity index (χ4v) is 7.41. The lowest BCUT2D eigenvalue weighted by Gasteiger charge is -2.35. The van der Waals surface area contributed by atoms with Crippen molar-refractivity contribution >= 4 is 34.7 Å². The molecule has 2 fully saturated rings. The average Bonchev–Trinajstić information content (AvgIpc) is 3.13. The number of thioether (sulfide) groups is 1. The molecule has 0 amide bonds. The van der Waals surface area contributed by atoms with Crippen molar-refractivity contribution in [2.24, 2.45) is 23.7 Å². The van der Waals surface area contributed by atoms with Crippen molar-refractivity contribution in [3.8, 4) is 0 Å². The number of hydrogen-bond donors (Lipinski definition) is 0. The monoisotopic (exact) mass is 320 g/mol. The van der Waals surface area contributed by atoms with E-state index in [2.05, 4.69) is 13.2 Å². The molecule has 112 valence electrons. The van der Waals surface area contributed by atoms with Gasteiger partial charge in [-0.1, -0.05) is 6.92 Å². The predicted octanol–water partition coefficient (Wildman–Crippen LogP) is 4.01. The minimum atomic E-state index is 0.159. The summed E-state index contributed by atoms with van der Waals surface area (Å²) < 4.78 is 0. The molecule has 6 atom stereocenters. The maximum atomic E-state index is 12.8. The van der Waals surface area contributed by atoms with Crippen molar-refractivity contribution in [3.63, 3.8) is 0 Å². The molecule has 0 aliphatic heterocycles. The zero-order valence-electron chi connectivity index (χ0n) is 12.4. The highest BCUT2D eigenvalue weighted by Gasteiger charge is 2.56. The van der Waals surface area contributed by atoms with Gasteiger partial charge in [0.15, 0.2) is 5.78 Å². The van der Waals surface area contributed by atoms with E-state index in [9.17, 15) is 9.59 Å². The van der Waals surface area contributed by atoms with Gasteiger partial charge in [-0.2, -0.15) is 11.8 Å². The second-order valence-corrected chi connectivity index (χ2v) is 8.60. The van der Waals surface area contributed by atoms with Gasteiger partial charge in [0, 0.05) is 39.4 Å². The van der Waals surface area contributed by atoms with Crippen LogP contribution in [0.3, 0.4) is 0 Å². The molecule has 0 N–H and O–H groups in total. The predicted molar refractivity (Wildman–Crippen MR) is 87.2 cm³/mol. The second kappa shape index (κ2) is 4.95. The van der Waals surface area contributed by atoms with Gasteiger partial charge in [0.2, 0.25) is 0 Å². The minimum Gasteiger partial charge on any atom is -0.299 e. The second-order valence-electron chi connectivity index (χ2n) is 6.63. The van der Waals surface area contributed by atoms with Crippen molar-refractivity contribution in [2.45, 2.75) is 37.4 Å². The van der Waals surface area contributed by atoms with Gasteiger partial charge in [-0.15, -0.1) is 11.3 Å². The number of ketones is 2. The van der Waals surface area contributed by atoms with Crippen LogP contribution in [0.1, 0.15) is 47.3 Å². The summed E-state index contributed by atoms with van der Waals surface area (Å²) in [5.41, 5.74) is 0.954. The normalized spacial score (nSPS) is 41.0. The zero-order valence-corrected chi connectivity index (χ0v) is 14.0. The summed E-state index contributed by atoms with van der Waals surface area (Å²) in [6.45, 7) is 2.13. The van der Waals surface area contributed by atoms with E-state index in [1.807, 2.05) is 23.2 Å². The van der Waals surface area contributed by atoms with Crippen LogP contribution < -0.4 is 0 Å². The number of Topliss-reactive ketones (excluding diaryl/α,β-unsaturated/α-hetero) is 2. The Hall–Kier alpha value is -0.610. The Bertz CT molecular complexity index is 606. The fourth-order valence-electron chi connectivity index (χ4n) is 5.02. The SMILES string of the molecule is CCC1C(=O)C2CC3c4sccc4C(=O)C3CC2C1SC. The van der Waals surface area contributed by atoms with E-state index in [0.29, 0.717) is 28.7 Å². The molecule has 0 spiro atoms. The van der Waals surface area contributed by atoms with Crippen molar-refractivity contribution in [1.82, 2.24) is 0 Å². The van der Waals surface area contributed by atoms with Crippen LogP contribution in [0.2, 0.25) is 0 Å². The average molecular weight is 320 g/mol. The summed E-state index contributed by atoms with van der Waals surface area (Å²) in [5, 5.41) is 2.46. The highest BCUT2D eigenvalue weighted by Crippen LogP contribution is 2.57. The summed E-state index contributed by atoms with van der Waals surface area (Å²) in [6.07, 6.45) is 4.93. The van der Waals surface area contributed by atoms with Crippen LogP contribution in [0.4, 0.5) is 0 Å². The molecule has 3 aliphatic carbocycles. The highest BCUT2D eigenvalue weighted by molar-refractivity contribution is 7.99. The number of hydrogen-bond acceptors (Lipinski definition) is 4. The topological polar surface area (TPSA) is 34.1 Å². The molecular weight excluding hydrogens is 300 g/mol. The maximum Gasteiger partial charge on any atom is 0.167 e. The first-order chi connectivity index (χ1) is 10.2. The quantitative estimate of drug-likeness (QED) is 0.825. The molecule has 0 saturated heterocycles. The molecule has 1 aromatic heterocycles. The van der Waals surface area contributed by atoms with Crippen LogP contribution in [-0.2, 0) is 4.79 Å². The molecule has 3 aliphatic rings. The number of carbonyl (C=O) groups excluding carboxylic acids is 2. The molecule has 0 aromatic carbocycles. The first kappa shape index (κ1) is 14.0. The highest BCUT2D eigenvalue weighted by atomic mass is 32.2. The lowest BCUT2D eigenvalue weighted by atomic mass is 9.70. The number of rotatable bonds is 2. The van der Waals surface area contributed by atoms with E-state index in [1.54, 1.807) is 11.3 Å². The molecule has 0 radical (unpaired) electrons. The largest absolute Gasteiger partial charge is 0.299 e. The van der Waals surface area contributed by atoms with Gasteiger partial charge in [-0.05, 0) is 42.9 Å². The Morgan fingerprint density at radius 2 is 2.05 bits per heavy atom. The fraction of sp³-hybridized carbons (Fsp3) is 0.647. The molecule has 4 rings (SSSR count). The Labute approximate surface area is 133 Å². The van der Waals surface area contributed by atoms with Crippen molar-refractivity contribution in [3.05, 3.63) is 21.9 Å². The van der Waals surface area contributed by atoms with E-state index in [0.717, 1.165) is 24.8 Å². The van der Waals surface area contributed by atoms with Gasteiger partial charge in [0.25, 0.3) is 0 Å². The molecule has 1 heterocycles. The third-order valence-electron chi connectivity index (χ3n) is 5.93. The number of fused-ring (bicyclic) bond motifs is 4. The van der Waals surface area contributed by atoms with Crippen LogP contribution in [0, 0.1) is 23.7 Å². The van der Waals surface area contributed by atoms with Crippen LogP contribution in [0.15, 0.2) is 11.4 Å². The van der Waals surface area contributed by atoms with Crippen LogP contribution >= 0.6 is 23.1 Å². The van der Waals surface area contributed by atoms with E-state index in [-0.39, 0.29) is 17.8 Å². The van der Waals surface area contributed by atoms with E-state index in [4.69, 9.17) is 0 Å². The van der Waals surface area contributed by atoms with Crippen LogP contribution in [-0.4, -0.2) is 23.1 Å². The molecule has 2 saturated carbocycles. The summed E-state index contributed by atoms with van der Waals surface area (Å²) in [7, 11) is 0. The van der Waals surface area contributed by atoms with Crippen molar-refractivity contribution in [2.75, 3.05) is 6.26 Å². The van der Waals surface area contributed by atoms with Gasteiger partial charge in [-0.3, -0.25) is 9.59 Å². The Morgan fingerprint density at radius 1 is 1.24 bits per heavy atom.